The lowest BCUT2D eigenvalue weighted by Gasteiger charge is -2.36. The third-order valence-electron chi connectivity index (χ3n) is 5.19. The molecule has 0 spiro atoms. The van der Waals surface area contributed by atoms with Crippen molar-refractivity contribution in [1.82, 2.24) is 14.9 Å². The Kier molecular flexibility index (Phi) is 4.24. The lowest BCUT2D eigenvalue weighted by Crippen LogP contribution is -2.39. The van der Waals surface area contributed by atoms with Crippen LogP contribution < -0.4 is 0 Å². The summed E-state index contributed by atoms with van der Waals surface area (Å²) >= 11 is 0. The summed E-state index contributed by atoms with van der Waals surface area (Å²) in [5.41, 5.74) is 2.33. The zero-order chi connectivity index (χ0) is 17.4. The number of rotatable bonds is 3. The predicted molar refractivity (Wildman–Crippen MR) is 92.8 cm³/mol. The number of nitrogens with zero attached hydrogens (tertiary/aromatic N) is 3. The van der Waals surface area contributed by atoms with E-state index in [4.69, 9.17) is 0 Å². The molecule has 2 aromatic rings. The van der Waals surface area contributed by atoms with Crippen molar-refractivity contribution >= 4 is 5.91 Å². The molecule has 4 rings (SSSR count). The Hall–Kier alpha value is -2.30. The molecule has 0 bridgehead atoms. The van der Waals surface area contributed by atoms with Crippen molar-refractivity contribution in [3.05, 3.63) is 58.9 Å². The second-order valence-electron chi connectivity index (χ2n) is 7.06. The fraction of sp³-hybridized carbons (Fsp3) is 0.450. The monoisotopic (exact) mass is 339 g/mol. The number of likely N-dealkylation sites (tertiary alicyclic amines) is 1. The average molecular weight is 339 g/mol. The molecule has 2 fully saturated rings. The molecule has 4 nitrogen and oxygen atoms in total. The normalized spacial score (nSPS) is 20.6. The van der Waals surface area contributed by atoms with Gasteiger partial charge in [0.2, 0.25) is 0 Å². The molecule has 1 saturated carbocycles. The number of hydrogen-bond donors (Lipinski definition) is 0. The fourth-order valence-electron chi connectivity index (χ4n) is 3.59. The smallest absolute Gasteiger partial charge is 0.257 e. The molecule has 0 N–H and O–H groups in total. The molecule has 1 aliphatic heterocycles. The standard InChI is InChI=1S/C20H22FN3O/c1-13-17(12-22-19(23-13)15-5-6-15)20(25)24-11-3-2-4-18(24)14-7-9-16(21)10-8-14/h7-10,12,15,18H,2-6,11H2,1H3. The van der Waals surface area contributed by atoms with E-state index in [1.807, 2.05) is 11.8 Å². The van der Waals surface area contributed by atoms with Crippen LogP contribution in [0.4, 0.5) is 4.39 Å². The van der Waals surface area contributed by atoms with Gasteiger partial charge in [-0.3, -0.25) is 4.79 Å². The van der Waals surface area contributed by atoms with E-state index in [1.165, 1.54) is 12.1 Å². The molecule has 1 saturated heterocycles. The summed E-state index contributed by atoms with van der Waals surface area (Å²) in [4.78, 5) is 24.0. The zero-order valence-electron chi connectivity index (χ0n) is 14.4. The van der Waals surface area contributed by atoms with Gasteiger partial charge in [0.25, 0.3) is 5.91 Å². The van der Waals surface area contributed by atoms with Gasteiger partial charge in [0.1, 0.15) is 11.6 Å². The summed E-state index contributed by atoms with van der Waals surface area (Å²) in [5, 5.41) is 0. The molecular formula is C20H22FN3O. The van der Waals surface area contributed by atoms with E-state index >= 15 is 0 Å². The quantitative estimate of drug-likeness (QED) is 0.843. The molecule has 2 aliphatic rings. The molecule has 1 aliphatic carbocycles. The highest BCUT2D eigenvalue weighted by molar-refractivity contribution is 5.95. The summed E-state index contributed by atoms with van der Waals surface area (Å²) < 4.78 is 13.2. The SMILES string of the molecule is Cc1nc(C2CC2)ncc1C(=O)N1CCCCC1c1ccc(F)cc1. The van der Waals surface area contributed by atoms with Crippen LogP contribution in [0.5, 0.6) is 0 Å². The minimum atomic E-state index is -0.252. The third-order valence-corrected chi connectivity index (χ3v) is 5.19. The van der Waals surface area contributed by atoms with Crippen molar-refractivity contribution in [2.75, 3.05) is 6.54 Å². The third kappa shape index (κ3) is 3.28. The largest absolute Gasteiger partial charge is 0.332 e. The molecule has 130 valence electrons. The van der Waals surface area contributed by atoms with Gasteiger partial charge >= 0.3 is 0 Å². The molecule has 1 atom stereocenters. The number of amides is 1. The maximum absolute atomic E-state index is 13.2. The Morgan fingerprint density at radius 2 is 1.92 bits per heavy atom. The highest BCUT2D eigenvalue weighted by Gasteiger charge is 2.31. The van der Waals surface area contributed by atoms with Crippen LogP contribution >= 0.6 is 0 Å². The topological polar surface area (TPSA) is 46.1 Å². The summed E-state index contributed by atoms with van der Waals surface area (Å²) in [6.07, 6.45) is 6.94. The first kappa shape index (κ1) is 16.2. The Balaban J connectivity index is 1.61. The molecule has 2 heterocycles. The predicted octanol–water partition coefficient (Wildman–Crippen LogP) is 4.17. The van der Waals surface area contributed by atoms with Gasteiger partial charge in [0, 0.05) is 18.7 Å². The van der Waals surface area contributed by atoms with Crippen molar-refractivity contribution < 1.29 is 9.18 Å². The van der Waals surface area contributed by atoms with E-state index in [0.717, 1.165) is 49.2 Å². The number of aromatic nitrogens is 2. The first-order valence-corrected chi connectivity index (χ1v) is 9.03. The number of piperidine rings is 1. The van der Waals surface area contributed by atoms with E-state index < -0.39 is 0 Å². The molecule has 1 aromatic heterocycles. The van der Waals surface area contributed by atoms with E-state index in [2.05, 4.69) is 9.97 Å². The second kappa shape index (κ2) is 6.54. The number of aryl methyl sites for hydroxylation is 1. The van der Waals surface area contributed by atoms with Crippen molar-refractivity contribution in [2.45, 2.75) is 51.0 Å². The van der Waals surface area contributed by atoms with E-state index in [9.17, 15) is 9.18 Å². The Bertz CT molecular complexity index is 786. The first-order valence-electron chi connectivity index (χ1n) is 9.03. The van der Waals surface area contributed by atoms with Crippen LogP contribution in [0.2, 0.25) is 0 Å². The van der Waals surface area contributed by atoms with Crippen LogP contribution in [0.3, 0.4) is 0 Å². The Morgan fingerprint density at radius 1 is 1.16 bits per heavy atom. The average Bonchev–Trinajstić information content (AvgIpc) is 3.47. The first-order chi connectivity index (χ1) is 12.1. The van der Waals surface area contributed by atoms with Crippen molar-refractivity contribution in [2.24, 2.45) is 0 Å². The van der Waals surface area contributed by atoms with Gasteiger partial charge in [0.05, 0.1) is 17.3 Å². The number of carbonyl (C=O) groups is 1. The van der Waals surface area contributed by atoms with Gasteiger partial charge in [-0.2, -0.15) is 0 Å². The maximum Gasteiger partial charge on any atom is 0.257 e. The van der Waals surface area contributed by atoms with E-state index in [-0.39, 0.29) is 17.8 Å². The van der Waals surface area contributed by atoms with Gasteiger partial charge in [-0.05, 0) is 56.7 Å². The zero-order valence-corrected chi connectivity index (χ0v) is 14.4. The summed E-state index contributed by atoms with van der Waals surface area (Å²) in [7, 11) is 0. The fourth-order valence-corrected chi connectivity index (χ4v) is 3.59. The number of hydrogen-bond acceptors (Lipinski definition) is 3. The summed E-state index contributed by atoms with van der Waals surface area (Å²) in [6, 6.07) is 6.48. The maximum atomic E-state index is 13.2. The number of halogens is 1. The van der Waals surface area contributed by atoms with Gasteiger partial charge in [-0.25, -0.2) is 14.4 Å². The molecule has 0 radical (unpaired) electrons. The molecule has 5 heteroatoms. The van der Waals surface area contributed by atoms with Crippen LogP contribution in [0.25, 0.3) is 0 Å². The van der Waals surface area contributed by atoms with Crippen LogP contribution in [0.1, 0.15) is 71.5 Å². The summed E-state index contributed by atoms with van der Waals surface area (Å²) in [5.74, 6) is 1.07. The molecular weight excluding hydrogens is 317 g/mol. The van der Waals surface area contributed by atoms with Crippen LogP contribution in [0, 0.1) is 12.7 Å². The van der Waals surface area contributed by atoms with Gasteiger partial charge in [-0.1, -0.05) is 12.1 Å². The molecule has 1 aromatic carbocycles. The highest BCUT2D eigenvalue weighted by Crippen LogP contribution is 2.38. The Labute approximate surface area is 147 Å². The minimum Gasteiger partial charge on any atom is -0.332 e. The number of benzene rings is 1. The van der Waals surface area contributed by atoms with Crippen molar-refractivity contribution in [3.63, 3.8) is 0 Å². The molecule has 1 unspecified atom stereocenters. The highest BCUT2D eigenvalue weighted by atomic mass is 19.1. The lowest BCUT2D eigenvalue weighted by molar-refractivity contribution is 0.0609. The summed E-state index contributed by atoms with van der Waals surface area (Å²) in [6.45, 7) is 2.60. The van der Waals surface area contributed by atoms with Crippen molar-refractivity contribution in [3.8, 4) is 0 Å². The van der Waals surface area contributed by atoms with Crippen LogP contribution in [0.15, 0.2) is 30.5 Å². The van der Waals surface area contributed by atoms with Gasteiger partial charge in [0.15, 0.2) is 0 Å². The van der Waals surface area contributed by atoms with Crippen molar-refractivity contribution in [1.29, 1.82) is 0 Å². The van der Waals surface area contributed by atoms with E-state index in [0.29, 0.717) is 18.0 Å². The van der Waals surface area contributed by atoms with Gasteiger partial charge < -0.3 is 4.90 Å². The molecule has 25 heavy (non-hydrogen) atoms. The van der Waals surface area contributed by atoms with Gasteiger partial charge in [-0.15, -0.1) is 0 Å². The number of carbonyl (C=O) groups excluding carboxylic acids is 1. The van der Waals surface area contributed by atoms with E-state index in [1.54, 1.807) is 18.3 Å². The second-order valence-corrected chi connectivity index (χ2v) is 7.06. The van der Waals surface area contributed by atoms with Crippen LogP contribution in [-0.4, -0.2) is 27.3 Å². The lowest BCUT2D eigenvalue weighted by atomic mass is 9.94. The minimum absolute atomic E-state index is 0.00985. The molecule has 1 amide bonds. The Morgan fingerprint density at radius 3 is 2.60 bits per heavy atom. The van der Waals surface area contributed by atoms with Crippen LogP contribution in [-0.2, 0) is 0 Å².